The summed E-state index contributed by atoms with van der Waals surface area (Å²) in [4.78, 5) is 28.7. The molecule has 1 aliphatic heterocycles. The molecule has 11 heteroatoms. The summed E-state index contributed by atoms with van der Waals surface area (Å²) in [5.41, 5.74) is 10.6. The Kier molecular flexibility index (Phi) is 6.81. The van der Waals surface area contributed by atoms with Crippen molar-refractivity contribution >= 4 is 39.3 Å². The maximum Gasteiger partial charge on any atom is 0.272 e. The van der Waals surface area contributed by atoms with Crippen LogP contribution in [0.5, 0.6) is 5.75 Å². The zero-order chi connectivity index (χ0) is 27.8. The highest BCUT2D eigenvalue weighted by molar-refractivity contribution is 6.07. The fraction of sp³-hybridized carbons (Fsp3) is 0.345. The van der Waals surface area contributed by atoms with Crippen LogP contribution < -0.4 is 15.8 Å². The van der Waals surface area contributed by atoms with Crippen molar-refractivity contribution in [2.75, 3.05) is 37.8 Å². The van der Waals surface area contributed by atoms with Gasteiger partial charge in [-0.15, -0.1) is 0 Å². The van der Waals surface area contributed by atoms with E-state index in [4.69, 9.17) is 15.6 Å². The monoisotopic (exact) mass is 539 g/mol. The van der Waals surface area contributed by atoms with Gasteiger partial charge in [-0.05, 0) is 50.1 Å². The number of fused-ring (bicyclic) bond motifs is 2. The lowest BCUT2D eigenvalue weighted by atomic mass is 10.1. The van der Waals surface area contributed by atoms with Crippen molar-refractivity contribution in [1.82, 2.24) is 34.2 Å². The van der Waals surface area contributed by atoms with Gasteiger partial charge in [-0.1, -0.05) is 13.0 Å². The number of rotatable bonds is 7. The highest BCUT2D eigenvalue weighted by atomic mass is 16.5. The van der Waals surface area contributed by atoms with E-state index in [0.717, 1.165) is 66.4 Å². The van der Waals surface area contributed by atoms with Crippen molar-refractivity contribution in [2.24, 2.45) is 7.05 Å². The van der Waals surface area contributed by atoms with Crippen molar-refractivity contribution in [3.63, 3.8) is 0 Å². The van der Waals surface area contributed by atoms with Crippen LogP contribution in [-0.2, 0) is 7.05 Å². The van der Waals surface area contributed by atoms with Crippen LogP contribution in [0.3, 0.4) is 0 Å². The van der Waals surface area contributed by atoms with E-state index in [-0.39, 0.29) is 11.9 Å². The first-order chi connectivity index (χ1) is 19.5. The number of carbonyl (C=O) groups excluding carboxylic acids is 1. The Bertz CT molecular complexity index is 1700. The Labute approximate surface area is 232 Å². The number of nitrogens with two attached hydrogens (primary N) is 1. The lowest BCUT2D eigenvalue weighted by Crippen LogP contribution is -2.35. The molecule has 5 heterocycles. The third-order valence-electron chi connectivity index (χ3n) is 7.76. The van der Waals surface area contributed by atoms with Crippen molar-refractivity contribution in [3.8, 4) is 17.0 Å². The molecule has 3 N–H and O–H groups in total. The number of aryl methyl sites for hydroxylation is 1. The van der Waals surface area contributed by atoms with Gasteiger partial charge in [0, 0.05) is 37.3 Å². The zero-order valence-corrected chi connectivity index (χ0v) is 23.0. The molecule has 1 aromatic carbocycles. The van der Waals surface area contributed by atoms with Crippen LogP contribution in [0, 0.1) is 0 Å². The number of carbonyl (C=O) groups is 1. The zero-order valence-electron chi connectivity index (χ0n) is 23.0. The molecule has 0 radical (unpaired) electrons. The first-order valence-corrected chi connectivity index (χ1v) is 13.6. The van der Waals surface area contributed by atoms with Gasteiger partial charge in [0.15, 0.2) is 5.65 Å². The average molecular weight is 540 g/mol. The third kappa shape index (κ3) is 4.51. The van der Waals surface area contributed by atoms with Gasteiger partial charge in [-0.2, -0.15) is 5.10 Å². The molecule has 206 valence electrons. The summed E-state index contributed by atoms with van der Waals surface area (Å²) in [5.74, 6) is 0.653. The molecule has 0 atom stereocenters. The number of anilines is 2. The van der Waals surface area contributed by atoms with Crippen molar-refractivity contribution in [3.05, 3.63) is 54.7 Å². The van der Waals surface area contributed by atoms with Gasteiger partial charge < -0.3 is 25.3 Å². The fourth-order valence-electron chi connectivity index (χ4n) is 5.67. The minimum absolute atomic E-state index is 0.232. The van der Waals surface area contributed by atoms with E-state index in [0.29, 0.717) is 28.6 Å². The number of hydrogen-bond donors (Lipinski definition) is 2. The number of likely N-dealkylation sites (tertiary alicyclic amines) is 1. The van der Waals surface area contributed by atoms with Crippen LogP contribution in [-0.4, -0.2) is 66.9 Å². The number of nitrogens with zero attached hydrogens (tertiary/aromatic N) is 7. The van der Waals surface area contributed by atoms with E-state index in [2.05, 4.69) is 32.1 Å². The number of nitrogen functional groups attached to an aromatic ring is 1. The van der Waals surface area contributed by atoms with Crippen molar-refractivity contribution < 1.29 is 9.53 Å². The number of aromatic nitrogens is 6. The second-order valence-corrected chi connectivity index (χ2v) is 10.2. The number of methoxy groups -OCH3 is 1. The highest BCUT2D eigenvalue weighted by Gasteiger charge is 2.26. The first kappa shape index (κ1) is 25.8. The van der Waals surface area contributed by atoms with E-state index in [1.54, 1.807) is 19.5 Å². The van der Waals surface area contributed by atoms with Crippen molar-refractivity contribution in [1.29, 1.82) is 0 Å². The van der Waals surface area contributed by atoms with Crippen LogP contribution in [0.25, 0.3) is 33.2 Å². The Morgan fingerprint density at radius 3 is 2.75 bits per heavy atom. The fourth-order valence-corrected chi connectivity index (χ4v) is 5.67. The number of piperidine rings is 1. The molecular formula is C29H33N9O2. The molecule has 0 spiro atoms. The van der Waals surface area contributed by atoms with Gasteiger partial charge in [0.2, 0.25) is 0 Å². The molecular weight excluding hydrogens is 506 g/mol. The number of amides is 1. The van der Waals surface area contributed by atoms with Gasteiger partial charge in [0.25, 0.3) is 5.91 Å². The summed E-state index contributed by atoms with van der Waals surface area (Å²) in [6.07, 6.45) is 8.10. The van der Waals surface area contributed by atoms with E-state index in [1.807, 2.05) is 46.6 Å². The van der Waals surface area contributed by atoms with Crippen LogP contribution in [0.4, 0.5) is 11.5 Å². The van der Waals surface area contributed by atoms with E-state index < -0.39 is 0 Å². The van der Waals surface area contributed by atoms with Gasteiger partial charge >= 0.3 is 0 Å². The van der Waals surface area contributed by atoms with E-state index in [9.17, 15) is 4.79 Å². The topological polar surface area (TPSA) is 129 Å². The number of pyridine rings is 1. The number of benzene rings is 1. The molecule has 5 aromatic rings. The van der Waals surface area contributed by atoms with Crippen molar-refractivity contribution in [2.45, 2.75) is 32.2 Å². The highest BCUT2D eigenvalue weighted by Crippen LogP contribution is 2.37. The SMILES string of the molecule is CCCN1CCC(n2nc(-c3ccc(NC(=O)c4cc5ccncc5n4C)c(OC)c3)c3c(N)ncnc32)CC1. The van der Waals surface area contributed by atoms with Gasteiger partial charge in [-0.25, -0.2) is 14.6 Å². The molecule has 1 saturated heterocycles. The maximum absolute atomic E-state index is 13.2. The second kappa shape index (κ2) is 10.6. The normalized spacial score (nSPS) is 14.7. The molecule has 0 unspecified atom stereocenters. The summed E-state index contributed by atoms with van der Waals surface area (Å²) in [5, 5.41) is 9.69. The number of ether oxygens (including phenoxy) is 1. The third-order valence-corrected chi connectivity index (χ3v) is 7.76. The van der Waals surface area contributed by atoms with Crippen LogP contribution in [0.2, 0.25) is 0 Å². The Morgan fingerprint density at radius 2 is 2.00 bits per heavy atom. The number of nitrogens with one attached hydrogen (secondary N) is 1. The molecule has 0 aliphatic carbocycles. The molecule has 1 fully saturated rings. The molecule has 6 rings (SSSR count). The van der Waals surface area contributed by atoms with Gasteiger partial charge in [0.1, 0.15) is 29.3 Å². The molecule has 1 aliphatic rings. The summed E-state index contributed by atoms with van der Waals surface area (Å²) in [6, 6.07) is 9.56. The minimum atomic E-state index is -0.244. The standard InChI is InChI=1S/C29H33N9O2/c1-4-11-37-12-8-20(9-13-37)38-28-25(27(30)32-17-33-28)26(35-38)19-5-6-21(24(15-19)40-3)34-29(39)22-14-18-7-10-31-16-23(18)36(22)2/h5-7,10,14-17,20H,4,8-9,11-13H2,1-3H3,(H,34,39)(H2,30,32,33). The molecule has 11 nitrogen and oxygen atoms in total. The summed E-state index contributed by atoms with van der Waals surface area (Å²) in [7, 11) is 3.43. The second-order valence-electron chi connectivity index (χ2n) is 10.2. The lowest BCUT2D eigenvalue weighted by molar-refractivity contribution is 0.101. The molecule has 0 bridgehead atoms. The summed E-state index contributed by atoms with van der Waals surface area (Å²) < 4.78 is 9.54. The average Bonchev–Trinajstić information content (AvgIpc) is 3.53. The Morgan fingerprint density at radius 1 is 1.18 bits per heavy atom. The predicted molar refractivity (Wildman–Crippen MR) is 155 cm³/mol. The smallest absolute Gasteiger partial charge is 0.272 e. The van der Waals surface area contributed by atoms with Gasteiger partial charge in [0.05, 0.1) is 35.9 Å². The first-order valence-electron chi connectivity index (χ1n) is 13.6. The lowest BCUT2D eigenvalue weighted by Gasteiger charge is -2.31. The molecule has 0 saturated carbocycles. The maximum atomic E-state index is 13.2. The quantitative estimate of drug-likeness (QED) is 0.314. The van der Waals surface area contributed by atoms with E-state index in [1.165, 1.54) is 6.33 Å². The summed E-state index contributed by atoms with van der Waals surface area (Å²) >= 11 is 0. The molecule has 4 aromatic heterocycles. The van der Waals surface area contributed by atoms with Crippen LogP contribution >= 0.6 is 0 Å². The number of hydrogen-bond acceptors (Lipinski definition) is 8. The van der Waals surface area contributed by atoms with Crippen LogP contribution in [0.15, 0.2) is 49.1 Å². The Hall–Kier alpha value is -4.51. The molecule has 1 amide bonds. The largest absolute Gasteiger partial charge is 0.495 e. The van der Waals surface area contributed by atoms with E-state index >= 15 is 0 Å². The molecule has 40 heavy (non-hydrogen) atoms. The summed E-state index contributed by atoms with van der Waals surface area (Å²) in [6.45, 7) is 5.40. The Balaban J connectivity index is 1.32. The van der Waals surface area contributed by atoms with Crippen LogP contribution in [0.1, 0.15) is 42.7 Å². The predicted octanol–water partition coefficient (Wildman–Crippen LogP) is 4.27. The minimum Gasteiger partial charge on any atom is -0.495 e. The van der Waals surface area contributed by atoms with Gasteiger partial charge in [-0.3, -0.25) is 9.78 Å².